The number of esters is 1. The molecule has 0 aliphatic rings. The molecule has 2 aromatic carbocycles. The number of aryl methyl sites for hydroxylation is 2. The standard InChI is InChI=1S/C25H23N3O4S/c1-3-32-25(31)24-19(14-22(33-24)17-10-8-16(2)9-11-17)27-23(30)12-13-28-20-7-5-4-6-18(20)21(29)15-26-28/h4-11,14-15H,3,12-13H2,1-2H3,(H,27,30). The SMILES string of the molecule is CCOC(=O)c1sc(-c2ccc(C)cc2)cc1NC(=O)CCn1ncc(=O)c2ccccc21. The third kappa shape index (κ3) is 5.01. The number of hydrogen-bond acceptors (Lipinski definition) is 6. The van der Waals surface area contributed by atoms with E-state index in [0.29, 0.717) is 21.5 Å². The molecule has 0 spiro atoms. The molecule has 7 nitrogen and oxygen atoms in total. The van der Waals surface area contributed by atoms with E-state index in [-0.39, 0.29) is 30.9 Å². The summed E-state index contributed by atoms with van der Waals surface area (Å²) in [5.41, 5.74) is 3.03. The van der Waals surface area contributed by atoms with Crippen molar-refractivity contribution < 1.29 is 14.3 Å². The van der Waals surface area contributed by atoms with Crippen LogP contribution in [-0.2, 0) is 16.1 Å². The Labute approximate surface area is 194 Å². The van der Waals surface area contributed by atoms with E-state index in [1.54, 1.807) is 35.9 Å². The summed E-state index contributed by atoms with van der Waals surface area (Å²) in [6.45, 7) is 4.28. The average Bonchev–Trinajstić information content (AvgIpc) is 3.23. The number of anilines is 1. The quantitative estimate of drug-likeness (QED) is 0.405. The summed E-state index contributed by atoms with van der Waals surface area (Å²) < 4.78 is 6.82. The van der Waals surface area contributed by atoms with Crippen LogP contribution < -0.4 is 10.7 Å². The van der Waals surface area contributed by atoms with Gasteiger partial charge in [0, 0.05) is 16.7 Å². The van der Waals surface area contributed by atoms with Crippen LogP contribution in [0, 0.1) is 6.92 Å². The van der Waals surface area contributed by atoms with Gasteiger partial charge in [-0.05, 0) is 37.6 Å². The van der Waals surface area contributed by atoms with Crippen molar-refractivity contribution in [1.82, 2.24) is 9.78 Å². The van der Waals surface area contributed by atoms with E-state index in [1.807, 2.05) is 37.3 Å². The van der Waals surface area contributed by atoms with Crippen molar-refractivity contribution in [3.63, 3.8) is 0 Å². The molecule has 0 fully saturated rings. The lowest BCUT2D eigenvalue weighted by Crippen LogP contribution is -2.18. The zero-order valence-corrected chi connectivity index (χ0v) is 19.1. The number of para-hydroxylation sites is 1. The Morgan fingerprint density at radius 2 is 1.88 bits per heavy atom. The van der Waals surface area contributed by atoms with Crippen molar-refractivity contribution in [2.75, 3.05) is 11.9 Å². The highest BCUT2D eigenvalue weighted by Crippen LogP contribution is 2.35. The molecule has 4 rings (SSSR count). The number of aromatic nitrogens is 2. The summed E-state index contributed by atoms with van der Waals surface area (Å²) in [4.78, 5) is 38.5. The molecule has 0 aliphatic heterocycles. The van der Waals surface area contributed by atoms with E-state index in [1.165, 1.54) is 17.5 Å². The van der Waals surface area contributed by atoms with Crippen LogP contribution in [0.1, 0.15) is 28.6 Å². The smallest absolute Gasteiger partial charge is 0.350 e. The fraction of sp³-hybridized carbons (Fsp3) is 0.200. The van der Waals surface area contributed by atoms with Crippen LogP contribution in [-0.4, -0.2) is 28.3 Å². The molecule has 2 aromatic heterocycles. The van der Waals surface area contributed by atoms with Crippen LogP contribution in [0.3, 0.4) is 0 Å². The Hall–Kier alpha value is -3.78. The minimum atomic E-state index is -0.468. The van der Waals surface area contributed by atoms with Gasteiger partial charge in [0.25, 0.3) is 0 Å². The van der Waals surface area contributed by atoms with E-state index in [9.17, 15) is 14.4 Å². The Morgan fingerprint density at radius 1 is 1.12 bits per heavy atom. The van der Waals surface area contributed by atoms with Gasteiger partial charge in [-0.25, -0.2) is 4.79 Å². The normalized spacial score (nSPS) is 10.8. The molecule has 0 saturated carbocycles. The predicted octanol–water partition coefficient (Wildman–Crippen LogP) is 4.64. The molecule has 0 aliphatic carbocycles. The summed E-state index contributed by atoms with van der Waals surface area (Å²) in [6, 6.07) is 16.9. The summed E-state index contributed by atoms with van der Waals surface area (Å²) in [5, 5.41) is 7.56. The van der Waals surface area contributed by atoms with Crippen molar-refractivity contribution in [3.8, 4) is 10.4 Å². The van der Waals surface area contributed by atoms with Crippen LogP contribution in [0.15, 0.2) is 65.6 Å². The van der Waals surface area contributed by atoms with E-state index in [4.69, 9.17) is 4.74 Å². The molecule has 0 bridgehead atoms. The molecule has 0 radical (unpaired) electrons. The van der Waals surface area contributed by atoms with Crippen LogP contribution in [0.25, 0.3) is 21.3 Å². The number of carbonyl (C=O) groups excluding carboxylic acids is 2. The van der Waals surface area contributed by atoms with Crippen LogP contribution in [0.5, 0.6) is 0 Å². The zero-order chi connectivity index (χ0) is 23.4. The second-order valence-corrected chi connectivity index (χ2v) is 8.54. The van der Waals surface area contributed by atoms with Gasteiger partial charge in [-0.3, -0.25) is 14.3 Å². The molecular formula is C25H23N3O4S. The Kier molecular flexibility index (Phi) is 6.65. The third-order valence-electron chi connectivity index (χ3n) is 5.12. The molecule has 0 atom stereocenters. The minimum Gasteiger partial charge on any atom is -0.462 e. The second kappa shape index (κ2) is 9.79. The van der Waals surface area contributed by atoms with Crippen molar-refractivity contribution in [3.05, 3.63) is 81.5 Å². The maximum atomic E-state index is 12.8. The number of rotatable bonds is 7. The van der Waals surface area contributed by atoms with Gasteiger partial charge in [-0.2, -0.15) is 5.10 Å². The van der Waals surface area contributed by atoms with Crippen molar-refractivity contribution >= 4 is 39.8 Å². The molecule has 4 aromatic rings. The predicted molar refractivity (Wildman–Crippen MR) is 130 cm³/mol. The summed E-state index contributed by atoms with van der Waals surface area (Å²) >= 11 is 1.28. The molecule has 33 heavy (non-hydrogen) atoms. The topological polar surface area (TPSA) is 90.3 Å². The maximum Gasteiger partial charge on any atom is 0.350 e. The lowest BCUT2D eigenvalue weighted by molar-refractivity contribution is -0.116. The molecule has 8 heteroatoms. The van der Waals surface area contributed by atoms with Crippen LogP contribution in [0.2, 0.25) is 0 Å². The van der Waals surface area contributed by atoms with Gasteiger partial charge in [-0.1, -0.05) is 42.0 Å². The highest BCUT2D eigenvalue weighted by Gasteiger charge is 2.20. The first-order valence-corrected chi connectivity index (χ1v) is 11.4. The van der Waals surface area contributed by atoms with E-state index < -0.39 is 5.97 Å². The molecule has 168 valence electrons. The van der Waals surface area contributed by atoms with Gasteiger partial charge in [-0.15, -0.1) is 11.3 Å². The van der Waals surface area contributed by atoms with Crippen molar-refractivity contribution in [2.24, 2.45) is 0 Å². The number of fused-ring (bicyclic) bond motifs is 1. The molecule has 2 heterocycles. The van der Waals surface area contributed by atoms with Crippen LogP contribution in [0.4, 0.5) is 5.69 Å². The highest BCUT2D eigenvalue weighted by atomic mass is 32.1. The van der Waals surface area contributed by atoms with E-state index >= 15 is 0 Å². The second-order valence-electron chi connectivity index (χ2n) is 7.49. The van der Waals surface area contributed by atoms with Gasteiger partial charge in [0.15, 0.2) is 0 Å². The fourth-order valence-electron chi connectivity index (χ4n) is 3.45. The number of carbonyl (C=O) groups is 2. The minimum absolute atomic E-state index is 0.123. The Bertz CT molecular complexity index is 1370. The van der Waals surface area contributed by atoms with Gasteiger partial charge in [0.1, 0.15) is 4.88 Å². The summed E-state index contributed by atoms with van der Waals surface area (Å²) in [7, 11) is 0. The number of amides is 1. The van der Waals surface area contributed by atoms with Gasteiger partial charge in [0.2, 0.25) is 11.3 Å². The first-order valence-electron chi connectivity index (χ1n) is 10.6. The first-order chi connectivity index (χ1) is 16.0. The highest BCUT2D eigenvalue weighted by molar-refractivity contribution is 7.18. The molecule has 1 N–H and O–H groups in total. The molecule has 0 unspecified atom stereocenters. The average molecular weight is 462 g/mol. The Balaban J connectivity index is 1.54. The number of ether oxygens (including phenoxy) is 1. The fourth-order valence-corrected chi connectivity index (χ4v) is 4.46. The van der Waals surface area contributed by atoms with E-state index in [2.05, 4.69) is 10.4 Å². The van der Waals surface area contributed by atoms with Crippen molar-refractivity contribution in [1.29, 1.82) is 0 Å². The number of thiophene rings is 1. The molecule has 1 amide bonds. The monoisotopic (exact) mass is 461 g/mol. The van der Waals surface area contributed by atoms with Gasteiger partial charge >= 0.3 is 5.97 Å². The largest absolute Gasteiger partial charge is 0.462 e. The lowest BCUT2D eigenvalue weighted by atomic mass is 10.1. The first kappa shape index (κ1) is 22.4. The summed E-state index contributed by atoms with van der Waals surface area (Å²) in [6.07, 6.45) is 1.38. The van der Waals surface area contributed by atoms with Gasteiger partial charge < -0.3 is 10.1 Å². The molecular weight excluding hydrogens is 438 g/mol. The van der Waals surface area contributed by atoms with E-state index in [0.717, 1.165) is 16.0 Å². The number of benzene rings is 2. The Morgan fingerprint density at radius 3 is 2.64 bits per heavy atom. The van der Waals surface area contributed by atoms with Gasteiger partial charge in [0.05, 0.1) is 30.6 Å². The number of nitrogens with one attached hydrogen (secondary N) is 1. The zero-order valence-electron chi connectivity index (χ0n) is 18.3. The maximum absolute atomic E-state index is 12.8. The number of nitrogens with zero attached hydrogens (tertiary/aromatic N) is 2. The van der Waals surface area contributed by atoms with Crippen LogP contribution >= 0.6 is 11.3 Å². The summed E-state index contributed by atoms with van der Waals surface area (Å²) in [5.74, 6) is -0.734. The number of hydrogen-bond donors (Lipinski definition) is 1. The molecule has 0 saturated heterocycles. The van der Waals surface area contributed by atoms with Crippen molar-refractivity contribution in [2.45, 2.75) is 26.8 Å². The third-order valence-corrected chi connectivity index (χ3v) is 6.28. The lowest BCUT2D eigenvalue weighted by Gasteiger charge is -2.10.